The third kappa shape index (κ3) is 6.70. The average molecular weight is 366 g/mol. The second-order valence-corrected chi connectivity index (χ2v) is 5.49. The van der Waals surface area contributed by atoms with Crippen molar-refractivity contribution in [1.29, 1.82) is 0 Å². The molecule has 0 aliphatic carbocycles. The van der Waals surface area contributed by atoms with Gasteiger partial charge in [0.05, 0.1) is 21.3 Å². The van der Waals surface area contributed by atoms with Gasteiger partial charge < -0.3 is 30.2 Å². The maximum atomic E-state index is 11.6. The highest BCUT2D eigenvalue weighted by Gasteiger charge is 2.13. The Kier molecular flexibility index (Phi) is 9.74. The first-order chi connectivity index (χ1) is 12.6. The van der Waals surface area contributed by atoms with E-state index in [1.165, 1.54) is 0 Å². The molecule has 146 valence electrons. The van der Waals surface area contributed by atoms with Crippen LogP contribution in [-0.2, 0) is 11.3 Å². The first-order valence-electron chi connectivity index (χ1n) is 8.59. The second-order valence-electron chi connectivity index (χ2n) is 5.49. The van der Waals surface area contributed by atoms with Crippen LogP contribution < -0.4 is 30.2 Å². The Hall–Kier alpha value is -2.64. The largest absolute Gasteiger partial charge is 0.493 e. The van der Waals surface area contributed by atoms with Crippen molar-refractivity contribution in [2.24, 2.45) is 4.99 Å². The molecule has 0 saturated carbocycles. The molecule has 3 N–H and O–H groups in total. The molecule has 0 aliphatic rings. The van der Waals surface area contributed by atoms with Gasteiger partial charge in [-0.15, -0.1) is 0 Å². The molecule has 0 atom stereocenters. The fraction of sp³-hybridized carbons (Fsp3) is 0.556. The quantitative estimate of drug-likeness (QED) is 0.427. The van der Waals surface area contributed by atoms with E-state index >= 15 is 0 Å². The molecule has 0 aliphatic heterocycles. The van der Waals surface area contributed by atoms with Gasteiger partial charge in [0.25, 0.3) is 0 Å². The molecular formula is C18H30N4O4. The smallest absolute Gasteiger partial charge is 0.221 e. The van der Waals surface area contributed by atoms with Crippen molar-refractivity contribution in [2.45, 2.75) is 26.3 Å². The molecule has 1 aromatic rings. The zero-order valence-corrected chi connectivity index (χ0v) is 16.3. The fourth-order valence-electron chi connectivity index (χ4n) is 2.29. The minimum atomic E-state index is 0.0273. The molecule has 0 saturated heterocycles. The van der Waals surface area contributed by atoms with Crippen LogP contribution in [0.4, 0.5) is 0 Å². The van der Waals surface area contributed by atoms with Crippen molar-refractivity contribution >= 4 is 11.9 Å². The Morgan fingerprint density at radius 3 is 2.15 bits per heavy atom. The Labute approximate surface area is 155 Å². The highest BCUT2D eigenvalue weighted by atomic mass is 16.5. The van der Waals surface area contributed by atoms with E-state index in [-0.39, 0.29) is 5.91 Å². The summed E-state index contributed by atoms with van der Waals surface area (Å²) in [7, 11) is 6.42. The number of ether oxygens (including phenoxy) is 3. The lowest BCUT2D eigenvalue weighted by atomic mass is 10.2. The van der Waals surface area contributed by atoms with E-state index in [2.05, 4.69) is 20.9 Å². The highest BCUT2D eigenvalue weighted by Crippen LogP contribution is 2.38. The zero-order chi connectivity index (χ0) is 19.4. The van der Waals surface area contributed by atoms with E-state index in [0.717, 1.165) is 12.0 Å². The Morgan fingerprint density at radius 2 is 1.65 bits per heavy atom. The van der Waals surface area contributed by atoms with Crippen LogP contribution in [0.2, 0.25) is 0 Å². The summed E-state index contributed by atoms with van der Waals surface area (Å²) in [5.74, 6) is 2.39. The van der Waals surface area contributed by atoms with Crippen LogP contribution in [0.15, 0.2) is 17.1 Å². The number of rotatable bonds is 10. The van der Waals surface area contributed by atoms with Gasteiger partial charge in [-0.25, -0.2) is 0 Å². The molecule has 1 amide bonds. The Balaban J connectivity index is 2.59. The molecule has 8 nitrogen and oxygen atoms in total. The lowest BCUT2D eigenvalue weighted by molar-refractivity contribution is -0.120. The molecule has 0 spiro atoms. The van der Waals surface area contributed by atoms with Gasteiger partial charge >= 0.3 is 0 Å². The zero-order valence-electron chi connectivity index (χ0n) is 16.3. The van der Waals surface area contributed by atoms with E-state index in [0.29, 0.717) is 49.3 Å². The minimum Gasteiger partial charge on any atom is -0.493 e. The van der Waals surface area contributed by atoms with Crippen molar-refractivity contribution < 1.29 is 19.0 Å². The first kappa shape index (κ1) is 21.4. The standard InChI is InChI=1S/C18H30N4O4/c1-6-8-20-16(23)7-9-21-18(19-2)22-12-13-10-14(24-3)17(26-5)15(11-13)25-4/h10-11H,6-9,12H2,1-5H3,(H,20,23)(H2,19,21,22). The molecule has 0 aromatic heterocycles. The van der Waals surface area contributed by atoms with Crippen molar-refractivity contribution in [3.8, 4) is 17.2 Å². The lowest BCUT2D eigenvalue weighted by Crippen LogP contribution is -2.39. The van der Waals surface area contributed by atoms with E-state index in [1.54, 1.807) is 28.4 Å². The van der Waals surface area contributed by atoms with Crippen molar-refractivity contribution in [2.75, 3.05) is 41.5 Å². The maximum absolute atomic E-state index is 11.6. The van der Waals surface area contributed by atoms with Gasteiger partial charge in [-0.1, -0.05) is 6.92 Å². The maximum Gasteiger partial charge on any atom is 0.221 e. The molecule has 8 heteroatoms. The molecular weight excluding hydrogens is 336 g/mol. The molecule has 0 bridgehead atoms. The molecule has 0 heterocycles. The number of guanidine groups is 1. The lowest BCUT2D eigenvalue weighted by Gasteiger charge is -2.16. The summed E-state index contributed by atoms with van der Waals surface area (Å²) in [6.07, 6.45) is 1.32. The summed E-state index contributed by atoms with van der Waals surface area (Å²) in [6.45, 7) is 3.74. The SMILES string of the molecule is CCCNC(=O)CCNC(=NC)NCc1cc(OC)c(OC)c(OC)c1. The fourth-order valence-corrected chi connectivity index (χ4v) is 2.29. The number of carbonyl (C=O) groups is 1. The van der Waals surface area contributed by atoms with Gasteiger partial charge in [0.1, 0.15) is 0 Å². The average Bonchev–Trinajstić information content (AvgIpc) is 2.67. The number of hydrogen-bond acceptors (Lipinski definition) is 5. The third-order valence-corrected chi connectivity index (χ3v) is 3.62. The molecule has 0 unspecified atom stereocenters. The topological polar surface area (TPSA) is 93.2 Å². The number of methoxy groups -OCH3 is 3. The van der Waals surface area contributed by atoms with Crippen LogP contribution in [0.5, 0.6) is 17.2 Å². The van der Waals surface area contributed by atoms with Gasteiger partial charge in [-0.2, -0.15) is 0 Å². The van der Waals surface area contributed by atoms with Gasteiger partial charge in [0.2, 0.25) is 11.7 Å². The Bertz CT molecular complexity index is 580. The molecule has 0 radical (unpaired) electrons. The van der Waals surface area contributed by atoms with Crippen LogP contribution in [0.25, 0.3) is 0 Å². The molecule has 1 rings (SSSR count). The van der Waals surface area contributed by atoms with Gasteiger partial charge in [-0.05, 0) is 24.1 Å². The third-order valence-electron chi connectivity index (χ3n) is 3.62. The summed E-state index contributed by atoms with van der Waals surface area (Å²) in [5, 5.41) is 9.15. The molecule has 26 heavy (non-hydrogen) atoms. The molecule has 1 aromatic carbocycles. The number of nitrogens with one attached hydrogen (secondary N) is 3. The minimum absolute atomic E-state index is 0.0273. The van der Waals surface area contributed by atoms with Crippen LogP contribution in [0, 0.1) is 0 Å². The summed E-state index contributed by atoms with van der Waals surface area (Å²) in [4.78, 5) is 15.8. The van der Waals surface area contributed by atoms with Gasteiger partial charge in [-0.3, -0.25) is 9.79 Å². The van der Waals surface area contributed by atoms with Crippen LogP contribution in [-0.4, -0.2) is 53.3 Å². The number of benzene rings is 1. The van der Waals surface area contributed by atoms with Gasteiger partial charge in [0, 0.05) is 33.1 Å². The second kappa shape index (κ2) is 11.8. The van der Waals surface area contributed by atoms with Crippen molar-refractivity contribution in [3.05, 3.63) is 17.7 Å². The molecule has 0 fully saturated rings. The van der Waals surface area contributed by atoms with Gasteiger partial charge in [0.15, 0.2) is 17.5 Å². The van der Waals surface area contributed by atoms with Crippen LogP contribution in [0.1, 0.15) is 25.3 Å². The Morgan fingerprint density at radius 1 is 1.00 bits per heavy atom. The monoisotopic (exact) mass is 366 g/mol. The summed E-state index contributed by atoms with van der Waals surface area (Å²) in [6, 6.07) is 3.75. The summed E-state index contributed by atoms with van der Waals surface area (Å²) in [5.41, 5.74) is 0.947. The van der Waals surface area contributed by atoms with Crippen molar-refractivity contribution in [3.63, 3.8) is 0 Å². The van der Waals surface area contributed by atoms with Crippen molar-refractivity contribution in [1.82, 2.24) is 16.0 Å². The predicted octanol–water partition coefficient (Wildman–Crippen LogP) is 1.29. The number of nitrogens with zero attached hydrogens (tertiary/aromatic N) is 1. The number of amides is 1. The van der Waals surface area contributed by atoms with E-state index in [9.17, 15) is 4.79 Å². The number of aliphatic imine (C=N–C) groups is 1. The number of carbonyl (C=O) groups excluding carboxylic acids is 1. The highest BCUT2D eigenvalue weighted by molar-refractivity contribution is 5.81. The summed E-state index contributed by atoms with van der Waals surface area (Å²) < 4.78 is 16.0. The number of hydrogen-bond donors (Lipinski definition) is 3. The summed E-state index contributed by atoms with van der Waals surface area (Å²) >= 11 is 0. The van der Waals surface area contributed by atoms with E-state index < -0.39 is 0 Å². The van der Waals surface area contributed by atoms with Crippen LogP contribution in [0.3, 0.4) is 0 Å². The predicted molar refractivity (Wildman–Crippen MR) is 102 cm³/mol. The van der Waals surface area contributed by atoms with E-state index in [4.69, 9.17) is 14.2 Å². The van der Waals surface area contributed by atoms with E-state index in [1.807, 2.05) is 19.1 Å². The normalized spacial score (nSPS) is 10.9. The first-order valence-corrected chi connectivity index (χ1v) is 8.59. The van der Waals surface area contributed by atoms with Crippen LogP contribution >= 0.6 is 0 Å².